The second-order valence-electron chi connectivity index (χ2n) is 6.71. The third-order valence-electron chi connectivity index (χ3n) is 4.71. The van der Waals surface area contributed by atoms with Crippen molar-refractivity contribution < 1.29 is 18.6 Å². The Labute approximate surface area is 168 Å². The summed E-state index contributed by atoms with van der Waals surface area (Å²) in [7, 11) is 0. The highest BCUT2D eigenvalue weighted by Gasteiger charge is 2.40. The molecule has 0 bridgehead atoms. The van der Waals surface area contributed by atoms with Gasteiger partial charge in [-0.1, -0.05) is 36.1 Å². The van der Waals surface area contributed by atoms with E-state index in [1.807, 2.05) is 31.2 Å². The molecule has 0 fully saturated rings. The van der Waals surface area contributed by atoms with Crippen molar-refractivity contribution >= 4 is 0 Å². The lowest BCUT2D eigenvalue weighted by atomic mass is 9.88. The summed E-state index contributed by atoms with van der Waals surface area (Å²) < 4.78 is 34.9. The molecule has 0 radical (unpaired) electrons. The van der Waals surface area contributed by atoms with Crippen LogP contribution in [-0.2, 0) is 16.9 Å². The summed E-state index contributed by atoms with van der Waals surface area (Å²) in [4.78, 5) is 3.84. The van der Waals surface area contributed by atoms with Gasteiger partial charge in [0.15, 0.2) is 0 Å². The summed E-state index contributed by atoms with van der Waals surface area (Å²) in [5, 5.41) is 15.3. The number of aryl methyl sites for hydroxylation is 1. The van der Waals surface area contributed by atoms with Gasteiger partial charge >= 0.3 is 0 Å². The Balaban J connectivity index is 1.81. The second-order valence-corrected chi connectivity index (χ2v) is 6.71. The van der Waals surface area contributed by atoms with E-state index in [2.05, 4.69) is 21.9 Å². The smallest absolute Gasteiger partial charge is 0.138 e. The van der Waals surface area contributed by atoms with Gasteiger partial charge in [-0.2, -0.15) is 5.10 Å². The zero-order valence-corrected chi connectivity index (χ0v) is 16.1. The number of rotatable bonds is 6. The van der Waals surface area contributed by atoms with Gasteiger partial charge in [-0.15, -0.1) is 0 Å². The zero-order valence-electron chi connectivity index (χ0n) is 16.1. The molecule has 2 aromatic carbocycles. The minimum atomic E-state index is -1.81. The first-order valence-corrected chi connectivity index (χ1v) is 9.06. The van der Waals surface area contributed by atoms with Crippen LogP contribution >= 0.6 is 0 Å². The Morgan fingerprint density at radius 1 is 1.24 bits per heavy atom. The predicted octanol–water partition coefficient (Wildman–Crippen LogP) is 3.21. The molecule has 5 nitrogen and oxygen atoms in total. The molecule has 1 aromatic heterocycles. The highest BCUT2D eigenvalue weighted by Crippen LogP contribution is 2.31. The van der Waals surface area contributed by atoms with E-state index in [4.69, 9.17) is 4.74 Å². The van der Waals surface area contributed by atoms with Crippen molar-refractivity contribution in [1.29, 1.82) is 0 Å². The second kappa shape index (κ2) is 8.95. The lowest BCUT2D eigenvalue weighted by molar-refractivity contribution is -0.111. The Bertz CT molecular complexity index is 1030. The fraction of sp³-hybridized carbons (Fsp3) is 0.273. The molecule has 0 spiro atoms. The minimum Gasteiger partial charge on any atom is -0.380 e. The highest BCUT2D eigenvalue weighted by atomic mass is 19.1. The van der Waals surface area contributed by atoms with Crippen LogP contribution in [0.15, 0.2) is 55.1 Å². The Kier molecular flexibility index (Phi) is 6.37. The van der Waals surface area contributed by atoms with Crippen molar-refractivity contribution in [2.24, 2.45) is 0 Å². The number of hydrogen-bond acceptors (Lipinski definition) is 4. The summed E-state index contributed by atoms with van der Waals surface area (Å²) in [6.07, 6.45) is 1.84. The van der Waals surface area contributed by atoms with Crippen LogP contribution in [0.2, 0.25) is 0 Å². The number of aliphatic hydroxyl groups is 1. The van der Waals surface area contributed by atoms with E-state index < -0.39 is 23.3 Å². The number of halogens is 2. The van der Waals surface area contributed by atoms with Gasteiger partial charge in [0.1, 0.15) is 36.5 Å². The third kappa shape index (κ3) is 4.86. The predicted molar refractivity (Wildman–Crippen MR) is 104 cm³/mol. The van der Waals surface area contributed by atoms with Crippen LogP contribution in [0.4, 0.5) is 8.78 Å². The van der Waals surface area contributed by atoms with Crippen molar-refractivity contribution in [2.75, 3.05) is 6.61 Å². The zero-order chi connectivity index (χ0) is 20.9. The molecular formula is C22H21F2N3O2. The first kappa shape index (κ1) is 20.6. The number of nitrogens with zero attached hydrogens (tertiary/aromatic N) is 3. The maximum atomic E-state index is 14.5. The molecule has 3 rings (SSSR count). The molecule has 0 saturated carbocycles. The van der Waals surface area contributed by atoms with Gasteiger partial charge in [0.25, 0.3) is 0 Å². The van der Waals surface area contributed by atoms with Crippen molar-refractivity contribution in [3.05, 3.63) is 83.4 Å². The largest absolute Gasteiger partial charge is 0.380 e. The van der Waals surface area contributed by atoms with E-state index in [1.165, 1.54) is 23.4 Å². The summed E-state index contributed by atoms with van der Waals surface area (Å²) in [6.45, 7) is 3.47. The molecule has 0 saturated heterocycles. The lowest BCUT2D eigenvalue weighted by Crippen LogP contribution is -2.44. The summed E-state index contributed by atoms with van der Waals surface area (Å²) in [5.74, 6) is 4.33. The van der Waals surface area contributed by atoms with E-state index in [0.29, 0.717) is 0 Å². The molecule has 150 valence electrons. The molecular weight excluding hydrogens is 376 g/mol. The van der Waals surface area contributed by atoms with Crippen LogP contribution in [0.5, 0.6) is 0 Å². The molecule has 0 aliphatic heterocycles. The van der Waals surface area contributed by atoms with Crippen LogP contribution in [0.1, 0.15) is 23.6 Å². The van der Waals surface area contributed by atoms with Gasteiger partial charge in [-0.25, -0.2) is 18.4 Å². The minimum absolute atomic E-state index is 0.0258. The summed E-state index contributed by atoms with van der Waals surface area (Å²) >= 11 is 0. The van der Waals surface area contributed by atoms with Crippen LogP contribution in [-0.4, -0.2) is 32.6 Å². The lowest BCUT2D eigenvalue weighted by Gasteiger charge is -2.34. The summed E-state index contributed by atoms with van der Waals surface area (Å²) in [6, 6.07) is 10.7. The molecule has 0 aliphatic rings. The van der Waals surface area contributed by atoms with Gasteiger partial charge in [-0.05, 0) is 31.5 Å². The molecule has 29 heavy (non-hydrogen) atoms. The number of ether oxygens (including phenoxy) is 1. The third-order valence-corrected chi connectivity index (χ3v) is 4.71. The van der Waals surface area contributed by atoms with Gasteiger partial charge in [-0.3, -0.25) is 0 Å². The summed E-state index contributed by atoms with van der Waals surface area (Å²) in [5.41, 5.74) is 0.0274. The average Bonchev–Trinajstić information content (AvgIpc) is 3.19. The molecule has 1 N–H and O–H groups in total. The molecule has 7 heteroatoms. The molecule has 1 heterocycles. The van der Waals surface area contributed by atoms with Crippen LogP contribution < -0.4 is 0 Å². The van der Waals surface area contributed by atoms with Crippen LogP contribution in [0.25, 0.3) is 0 Å². The highest BCUT2D eigenvalue weighted by molar-refractivity contribution is 5.40. The first-order chi connectivity index (χ1) is 13.9. The van der Waals surface area contributed by atoms with Crippen LogP contribution in [0.3, 0.4) is 0 Å². The van der Waals surface area contributed by atoms with E-state index in [1.54, 1.807) is 6.92 Å². The fourth-order valence-electron chi connectivity index (χ4n) is 2.98. The molecule has 2 atom stereocenters. The maximum Gasteiger partial charge on any atom is 0.138 e. The monoisotopic (exact) mass is 397 g/mol. The van der Waals surface area contributed by atoms with Gasteiger partial charge in [0.2, 0.25) is 0 Å². The van der Waals surface area contributed by atoms with Crippen molar-refractivity contribution in [1.82, 2.24) is 14.8 Å². The Morgan fingerprint density at radius 2 is 2.03 bits per heavy atom. The van der Waals surface area contributed by atoms with E-state index in [-0.39, 0.29) is 18.7 Å². The fourth-order valence-corrected chi connectivity index (χ4v) is 2.98. The van der Waals surface area contributed by atoms with E-state index in [9.17, 15) is 13.9 Å². The van der Waals surface area contributed by atoms with E-state index >= 15 is 0 Å². The molecule has 0 amide bonds. The number of hydrogen-bond donors (Lipinski definition) is 1. The topological polar surface area (TPSA) is 60.2 Å². The first-order valence-electron chi connectivity index (χ1n) is 9.06. The molecule has 0 aliphatic carbocycles. The van der Waals surface area contributed by atoms with Crippen LogP contribution in [0, 0.1) is 30.4 Å². The van der Waals surface area contributed by atoms with Gasteiger partial charge < -0.3 is 9.84 Å². The Morgan fingerprint density at radius 3 is 2.72 bits per heavy atom. The van der Waals surface area contributed by atoms with Crippen molar-refractivity contribution in [3.8, 4) is 11.8 Å². The normalized spacial score (nSPS) is 14.0. The van der Waals surface area contributed by atoms with E-state index in [0.717, 1.165) is 23.3 Å². The number of aromatic nitrogens is 3. The Hall–Kier alpha value is -3.08. The van der Waals surface area contributed by atoms with Gasteiger partial charge in [0, 0.05) is 17.2 Å². The van der Waals surface area contributed by atoms with Crippen molar-refractivity contribution in [3.63, 3.8) is 0 Å². The standard InChI is InChI=1S/C22H21F2N3O2/c1-16-6-3-4-7-18(16)8-5-11-29-17(2)22(28,13-27-15-25-14-26-27)20-10-9-19(23)12-21(20)24/h3-4,6-7,9-10,12,14-15,17,28H,11,13H2,1-2H3/t17-,22-/m1/s1. The molecule has 3 aromatic rings. The molecule has 0 unspecified atom stereocenters. The SMILES string of the molecule is Cc1ccccc1C#CCO[C@H](C)[C@](O)(Cn1cncn1)c1ccc(F)cc1F. The number of benzene rings is 2. The quantitative estimate of drug-likeness (QED) is 0.649. The van der Waals surface area contributed by atoms with Crippen molar-refractivity contribution in [2.45, 2.75) is 32.1 Å². The van der Waals surface area contributed by atoms with Gasteiger partial charge in [0.05, 0.1) is 12.6 Å². The maximum absolute atomic E-state index is 14.5. The average molecular weight is 397 g/mol.